The summed E-state index contributed by atoms with van der Waals surface area (Å²) in [6.45, 7) is 0.0807. The van der Waals surface area contributed by atoms with Crippen molar-refractivity contribution in [3.8, 4) is 0 Å². The van der Waals surface area contributed by atoms with Crippen LogP contribution in [0.25, 0.3) is 0 Å². The van der Waals surface area contributed by atoms with Gasteiger partial charge in [-0.1, -0.05) is 17.8 Å². The van der Waals surface area contributed by atoms with E-state index in [1.54, 1.807) is 0 Å². The average molecular weight is 282 g/mol. The molecule has 1 aromatic carbocycles. The van der Waals surface area contributed by atoms with Crippen molar-refractivity contribution in [2.45, 2.75) is 6.54 Å². The Bertz CT molecular complexity index is 546. The Morgan fingerprint density at radius 3 is 2.74 bits per heavy atom. The van der Waals surface area contributed by atoms with Crippen molar-refractivity contribution in [1.29, 1.82) is 0 Å². The number of hydrogen-bond donors (Lipinski definition) is 2. The van der Waals surface area contributed by atoms with Gasteiger partial charge in [-0.2, -0.15) is 0 Å². The minimum atomic E-state index is -0.568. The fourth-order valence-corrected chi connectivity index (χ4v) is 2.40. The van der Waals surface area contributed by atoms with E-state index in [0.717, 1.165) is 16.7 Å². The molecule has 2 rings (SSSR count). The lowest BCUT2D eigenvalue weighted by Crippen LogP contribution is -2.28. The fraction of sp³-hybridized carbons (Fsp3) is 0.200. The number of amides is 2. The van der Waals surface area contributed by atoms with Gasteiger partial charge in [0.2, 0.25) is 5.91 Å². The van der Waals surface area contributed by atoms with E-state index < -0.39 is 4.92 Å². The summed E-state index contributed by atoms with van der Waals surface area (Å²) in [5.41, 5.74) is 2.78. The molecule has 0 atom stereocenters. The number of nitro benzene ring substituents is 1. The Morgan fingerprint density at radius 2 is 2.21 bits per heavy atom. The van der Waals surface area contributed by atoms with E-state index in [9.17, 15) is 19.7 Å². The molecular formula is C10H10N4O4S. The van der Waals surface area contributed by atoms with Crippen molar-refractivity contribution in [3.63, 3.8) is 0 Å². The van der Waals surface area contributed by atoms with Crippen LogP contribution in [0.4, 0.5) is 16.2 Å². The first-order chi connectivity index (χ1) is 9.02. The molecule has 0 aromatic heterocycles. The van der Waals surface area contributed by atoms with Gasteiger partial charge in [0.25, 0.3) is 10.9 Å². The minimum absolute atomic E-state index is 0.0807. The zero-order chi connectivity index (χ0) is 14.0. The highest BCUT2D eigenvalue weighted by molar-refractivity contribution is 8.14. The molecule has 100 valence electrons. The quantitative estimate of drug-likeness (QED) is 0.481. The van der Waals surface area contributed by atoms with Crippen LogP contribution in [0.3, 0.4) is 0 Å². The molecule has 1 saturated heterocycles. The summed E-state index contributed by atoms with van der Waals surface area (Å²) in [5, 5.41) is 10.4. The molecule has 1 aromatic rings. The third kappa shape index (κ3) is 2.66. The van der Waals surface area contributed by atoms with Crippen molar-refractivity contribution in [2.24, 2.45) is 5.84 Å². The largest absolute Gasteiger partial charge is 0.318 e. The molecule has 1 heterocycles. The maximum atomic E-state index is 11.5. The van der Waals surface area contributed by atoms with Gasteiger partial charge < -0.3 is 5.43 Å². The van der Waals surface area contributed by atoms with E-state index in [0.29, 0.717) is 5.56 Å². The Labute approximate surface area is 112 Å². The molecule has 0 aliphatic carbocycles. The number of hydrogen-bond acceptors (Lipinski definition) is 7. The number of benzene rings is 1. The summed E-state index contributed by atoms with van der Waals surface area (Å²) in [6.07, 6.45) is 0. The van der Waals surface area contributed by atoms with Gasteiger partial charge in [0, 0.05) is 6.07 Å². The standard InChI is InChI=1S/C10H10N4O4S/c11-12-7-3-6(1-2-8(7)14(17)18)4-13-9(15)5-19-10(13)16/h1-3,12H,4-5,11H2. The van der Waals surface area contributed by atoms with Crippen LogP contribution in [0.5, 0.6) is 0 Å². The fourth-order valence-electron chi connectivity index (χ4n) is 1.67. The van der Waals surface area contributed by atoms with Gasteiger partial charge >= 0.3 is 0 Å². The molecule has 8 nitrogen and oxygen atoms in total. The topological polar surface area (TPSA) is 119 Å². The van der Waals surface area contributed by atoms with E-state index in [2.05, 4.69) is 5.43 Å². The third-order valence-corrected chi connectivity index (χ3v) is 3.45. The molecule has 1 aliphatic heterocycles. The second-order valence-electron chi connectivity index (χ2n) is 3.79. The molecule has 2 amide bonds. The van der Waals surface area contributed by atoms with Gasteiger partial charge in [-0.05, 0) is 11.6 Å². The molecule has 0 bridgehead atoms. The van der Waals surface area contributed by atoms with Crippen LogP contribution >= 0.6 is 11.8 Å². The summed E-state index contributed by atoms with van der Waals surface area (Å²) < 4.78 is 0. The third-order valence-electron chi connectivity index (χ3n) is 2.59. The lowest BCUT2D eigenvalue weighted by Gasteiger charge is -2.13. The first kappa shape index (κ1) is 13.3. The Kier molecular flexibility index (Phi) is 3.67. The molecule has 0 unspecified atom stereocenters. The monoisotopic (exact) mass is 282 g/mol. The first-order valence-electron chi connectivity index (χ1n) is 5.24. The number of anilines is 1. The number of hydrazine groups is 1. The molecular weight excluding hydrogens is 272 g/mol. The lowest BCUT2D eigenvalue weighted by atomic mass is 10.1. The summed E-state index contributed by atoms with van der Waals surface area (Å²) in [7, 11) is 0. The summed E-state index contributed by atoms with van der Waals surface area (Å²) in [6, 6.07) is 4.22. The van der Waals surface area contributed by atoms with Crippen molar-refractivity contribution < 1.29 is 14.5 Å². The molecule has 19 heavy (non-hydrogen) atoms. The highest BCUT2D eigenvalue weighted by Gasteiger charge is 2.30. The van der Waals surface area contributed by atoms with Gasteiger partial charge in [-0.15, -0.1) is 0 Å². The second-order valence-corrected chi connectivity index (χ2v) is 4.71. The number of nitro groups is 1. The zero-order valence-electron chi connectivity index (χ0n) is 9.66. The van der Waals surface area contributed by atoms with E-state index in [-0.39, 0.29) is 34.8 Å². The smallest absolute Gasteiger partial charge is 0.293 e. The number of thioether (sulfide) groups is 1. The SMILES string of the molecule is NNc1cc(CN2C(=O)CSC2=O)ccc1[N+](=O)[O-]. The van der Waals surface area contributed by atoms with Crippen molar-refractivity contribution in [2.75, 3.05) is 11.2 Å². The number of carbonyl (C=O) groups excluding carboxylic acids is 2. The highest BCUT2D eigenvalue weighted by atomic mass is 32.2. The van der Waals surface area contributed by atoms with Crippen LogP contribution in [0.2, 0.25) is 0 Å². The molecule has 0 radical (unpaired) electrons. The first-order valence-corrected chi connectivity index (χ1v) is 6.22. The van der Waals surface area contributed by atoms with Gasteiger partial charge in [-0.3, -0.25) is 30.4 Å². The Morgan fingerprint density at radius 1 is 1.47 bits per heavy atom. The number of nitrogens with one attached hydrogen (secondary N) is 1. The predicted molar refractivity (Wildman–Crippen MR) is 69.3 cm³/mol. The van der Waals surface area contributed by atoms with Crippen LogP contribution in [-0.4, -0.2) is 26.7 Å². The Balaban J connectivity index is 2.24. The molecule has 1 aliphatic rings. The van der Waals surface area contributed by atoms with E-state index in [4.69, 9.17) is 5.84 Å². The van der Waals surface area contributed by atoms with Gasteiger partial charge in [0.15, 0.2) is 0 Å². The summed E-state index contributed by atoms with van der Waals surface area (Å²) in [5.74, 6) is 5.08. The molecule has 3 N–H and O–H groups in total. The highest BCUT2D eigenvalue weighted by Crippen LogP contribution is 2.27. The van der Waals surface area contributed by atoms with Crippen LogP contribution in [0, 0.1) is 10.1 Å². The summed E-state index contributed by atoms with van der Waals surface area (Å²) in [4.78, 5) is 34.2. The second kappa shape index (κ2) is 5.24. The Hall–Kier alpha value is -2.13. The normalized spacial score (nSPS) is 14.9. The predicted octanol–water partition coefficient (Wildman–Crippen LogP) is 1.08. The molecule has 0 saturated carbocycles. The van der Waals surface area contributed by atoms with Gasteiger partial charge in [-0.25, -0.2) is 0 Å². The summed E-state index contributed by atoms with van der Waals surface area (Å²) >= 11 is 0.940. The number of rotatable bonds is 4. The number of nitrogens with zero attached hydrogens (tertiary/aromatic N) is 2. The number of nitrogens with two attached hydrogens (primary N) is 1. The van der Waals surface area contributed by atoms with E-state index >= 15 is 0 Å². The van der Waals surface area contributed by atoms with Gasteiger partial charge in [0.1, 0.15) is 5.69 Å². The maximum Gasteiger partial charge on any atom is 0.293 e. The number of carbonyl (C=O) groups is 2. The van der Waals surface area contributed by atoms with Crippen molar-refractivity contribution in [3.05, 3.63) is 33.9 Å². The molecule has 9 heteroatoms. The van der Waals surface area contributed by atoms with E-state index in [1.165, 1.54) is 18.2 Å². The lowest BCUT2D eigenvalue weighted by molar-refractivity contribution is -0.384. The van der Waals surface area contributed by atoms with Crippen LogP contribution < -0.4 is 11.3 Å². The molecule has 1 fully saturated rings. The average Bonchev–Trinajstić information content (AvgIpc) is 2.70. The maximum absolute atomic E-state index is 11.5. The van der Waals surface area contributed by atoms with Gasteiger partial charge in [0.05, 0.1) is 17.2 Å². The van der Waals surface area contributed by atoms with E-state index in [1.807, 2.05) is 0 Å². The van der Waals surface area contributed by atoms with Crippen LogP contribution in [-0.2, 0) is 11.3 Å². The minimum Gasteiger partial charge on any atom is -0.318 e. The van der Waals surface area contributed by atoms with Crippen molar-refractivity contribution in [1.82, 2.24) is 4.90 Å². The molecule has 0 spiro atoms. The van der Waals surface area contributed by atoms with Crippen LogP contribution in [0.1, 0.15) is 5.56 Å². The van der Waals surface area contributed by atoms with Crippen molar-refractivity contribution >= 4 is 34.3 Å². The zero-order valence-corrected chi connectivity index (χ0v) is 10.5. The number of imide groups is 1. The van der Waals surface area contributed by atoms with Crippen LogP contribution in [0.15, 0.2) is 18.2 Å². The number of nitrogen functional groups attached to an aromatic ring is 1.